The Labute approximate surface area is 147 Å². The molecule has 1 amide bonds. The van der Waals surface area contributed by atoms with Gasteiger partial charge in [0.15, 0.2) is 0 Å². The lowest BCUT2D eigenvalue weighted by molar-refractivity contribution is 0.0302. The first-order valence-corrected chi connectivity index (χ1v) is 8.89. The van der Waals surface area contributed by atoms with Crippen LogP contribution < -0.4 is 4.90 Å². The number of aromatic nitrogens is 1. The Morgan fingerprint density at radius 2 is 2.17 bits per heavy atom. The molecule has 2 aliphatic heterocycles. The summed E-state index contributed by atoms with van der Waals surface area (Å²) in [6, 6.07) is 1.70. The number of morpholine rings is 1. The van der Waals surface area contributed by atoms with Gasteiger partial charge in [-0.05, 0) is 25.8 Å². The number of hydrogen-bond acceptors (Lipinski definition) is 5. The average molecular weight is 354 g/mol. The van der Waals surface area contributed by atoms with Crippen molar-refractivity contribution in [2.24, 2.45) is 5.92 Å². The summed E-state index contributed by atoms with van der Waals surface area (Å²) in [6.07, 6.45) is 3.28. The summed E-state index contributed by atoms with van der Waals surface area (Å²) in [6.45, 7) is 5.76. The summed E-state index contributed by atoms with van der Waals surface area (Å²) >= 11 is 6.41. The maximum Gasteiger partial charge on any atom is 0.255 e. The van der Waals surface area contributed by atoms with Gasteiger partial charge >= 0.3 is 0 Å². The van der Waals surface area contributed by atoms with E-state index in [1.165, 1.54) is 0 Å². The molecular weight excluding hydrogens is 330 g/mol. The second kappa shape index (κ2) is 7.68. The van der Waals surface area contributed by atoms with Gasteiger partial charge in [-0.15, -0.1) is 0 Å². The second-order valence-corrected chi connectivity index (χ2v) is 6.93. The number of ether oxygens (including phenoxy) is 1. The average Bonchev–Trinajstić information content (AvgIpc) is 2.62. The molecule has 2 atom stereocenters. The highest BCUT2D eigenvalue weighted by Gasteiger charge is 2.26. The molecule has 3 rings (SSSR count). The predicted octanol–water partition coefficient (Wildman–Crippen LogP) is 1.80. The molecule has 0 spiro atoms. The molecule has 2 fully saturated rings. The molecule has 132 valence electrons. The van der Waals surface area contributed by atoms with Crippen molar-refractivity contribution < 1.29 is 14.6 Å². The minimum absolute atomic E-state index is 0.0558. The smallest absolute Gasteiger partial charge is 0.255 e. The standard InChI is InChI=1S/C17H24ClN3O3/c1-12(22)13-3-2-4-21(11-13)16-15(18)9-14(10-19-16)17(23)20-5-7-24-8-6-20/h9-10,12-13,22H,2-8,11H2,1H3. The number of rotatable bonds is 3. The molecule has 3 heterocycles. The quantitative estimate of drug-likeness (QED) is 0.897. The van der Waals surface area contributed by atoms with Crippen molar-refractivity contribution in [1.29, 1.82) is 0 Å². The first-order chi connectivity index (χ1) is 11.6. The Balaban J connectivity index is 1.73. The number of carbonyl (C=O) groups is 1. The van der Waals surface area contributed by atoms with Gasteiger partial charge in [-0.1, -0.05) is 11.6 Å². The fourth-order valence-electron chi connectivity index (χ4n) is 3.33. The van der Waals surface area contributed by atoms with Crippen molar-refractivity contribution in [3.8, 4) is 0 Å². The van der Waals surface area contributed by atoms with Crippen LogP contribution in [0.2, 0.25) is 5.02 Å². The molecule has 1 N–H and O–H groups in total. The third-order valence-corrected chi connectivity index (χ3v) is 5.08. The molecule has 6 nitrogen and oxygen atoms in total. The number of piperidine rings is 1. The molecule has 0 aromatic carbocycles. The summed E-state index contributed by atoms with van der Waals surface area (Å²) < 4.78 is 5.27. The number of amides is 1. The Bertz CT molecular complexity index is 590. The summed E-state index contributed by atoms with van der Waals surface area (Å²) in [5, 5.41) is 10.3. The van der Waals surface area contributed by atoms with Crippen LogP contribution in [0.4, 0.5) is 5.82 Å². The highest BCUT2D eigenvalue weighted by atomic mass is 35.5. The van der Waals surface area contributed by atoms with E-state index >= 15 is 0 Å². The number of aliphatic hydroxyl groups excluding tert-OH is 1. The lowest BCUT2D eigenvalue weighted by atomic mass is 9.93. The van der Waals surface area contributed by atoms with Crippen LogP contribution in [0.15, 0.2) is 12.3 Å². The van der Waals surface area contributed by atoms with Crippen molar-refractivity contribution in [2.75, 3.05) is 44.3 Å². The topological polar surface area (TPSA) is 65.9 Å². The van der Waals surface area contributed by atoms with E-state index in [-0.39, 0.29) is 17.9 Å². The molecular formula is C17H24ClN3O3. The lowest BCUT2D eigenvalue weighted by Gasteiger charge is -2.35. The first kappa shape index (κ1) is 17.5. The highest BCUT2D eigenvalue weighted by molar-refractivity contribution is 6.33. The van der Waals surface area contributed by atoms with Gasteiger partial charge in [0.2, 0.25) is 0 Å². The van der Waals surface area contributed by atoms with Crippen molar-refractivity contribution in [3.05, 3.63) is 22.8 Å². The predicted molar refractivity (Wildman–Crippen MR) is 92.6 cm³/mol. The van der Waals surface area contributed by atoms with Crippen molar-refractivity contribution in [1.82, 2.24) is 9.88 Å². The molecule has 7 heteroatoms. The number of aliphatic hydroxyl groups is 1. The number of hydrogen-bond donors (Lipinski definition) is 1. The fraction of sp³-hybridized carbons (Fsp3) is 0.647. The van der Waals surface area contributed by atoms with Crippen LogP contribution in [0.3, 0.4) is 0 Å². The third kappa shape index (κ3) is 3.82. The monoisotopic (exact) mass is 353 g/mol. The van der Waals surface area contributed by atoms with Crippen LogP contribution in [-0.4, -0.2) is 66.4 Å². The minimum atomic E-state index is -0.339. The second-order valence-electron chi connectivity index (χ2n) is 6.52. The van der Waals surface area contributed by atoms with E-state index in [4.69, 9.17) is 16.3 Å². The molecule has 1 aromatic heterocycles. The molecule has 24 heavy (non-hydrogen) atoms. The van der Waals surface area contributed by atoms with Gasteiger partial charge in [0.25, 0.3) is 5.91 Å². The normalized spacial score (nSPS) is 23.2. The number of halogens is 1. The highest BCUT2D eigenvalue weighted by Crippen LogP contribution is 2.29. The van der Waals surface area contributed by atoms with Crippen molar-refractivity contribution >= 4 is 23.3 Å². The summed E-state index contributed by atoms with van der Waals surface area (Å²) in [4.78, 5) is 20.8. The first-order valence-electron chi connectivity index (χ1n) is 8.52. The molecule has 1 aromatic rings. The number of anilines is 1. The van der Waals surface area contributed by atoms with Gasteiger partial charge < -0.3 is 19.6 Å². The van der Waals surface area contributed by atoms with E-state index in [2.05, 4.69) is 9.88 Å². The molecule has 0 bridgehead atoms. The van der Waals surface area contributed by atoms with E-state index in [9.17, 15) is 9.90 Å². The van der Waals surface area contributed by atoms with E-state index in [0.29, 0.717) is 42.7 Å². The molecule has 0 aliphatic carbocycles. The summed E-state index contributed by atoms with van der Waals surface area (Å²) in [5.74, 6) is 0.867. The molecule has 2 unspecified atom stereocenters. The third-order valence-electron chi connectivity index (χ3n) is 4.81. The zero-order valence-corrected chi connectivity index (χ0v) is 14.7. The van der Waals surface area contributed by atoms with Gasteiger partial charge in [-0.3, -0.25) is 4.79 Å². The number of pyridine rings is 1. The Kier molecular flexibility index (Phi) is 5.58. The van der Waals surface area contributed by atoms with E-state index in [1.807, 2.05) is 6.92 Å². The van der Waals surface area contributed by atoms with Crippen LogP contribution >= 0.6 is 11.6 Å². The van der Waals surface area contributed by atoms with Crippen LogP contribution in [0.1, 0.15) is 30.1 Å². The molecule has 0 radical (unpaired) electrons. The SMILES string of the molecule is CC(O)C1CCCN(c2ncc(C(=O)N3CCOCC3)cc2Cl)C1. The molecule has 0 saturated carbocycles. The minimum Gasteiger partial charge on any atom is -0.393 e. The van der Waals surface area contributed by atoms with Gasteiger partial charge in [0, 0.05) is 38.3 Å². The Morgan fingerprint density at radius 1 is 1.42 bits per heavy atom. The summed E-state index contributed by atoms with van der Waals surface area (Å²) in [5.41, 5.74) is 0.509. The maximum absolute atomic E-state index is 12.5. The van der Waals surface area contributed by atoms with Crippen molar-refractivity contribution in [2.45, 2.75) is 25.9 Å². The number of nitrogens with zero attached hydrogens (tertiary/aromatic N) is 3. The van der Waals surface area contributed by atoms with Gasteiger partial charge in [-0.25, -0.2) is 4.98 Å². The number of carbonyl (C=O) groups excluding carboxylic acids is 1. The molecule has 2 saturated heterocycles. The van der Waals surface area contributed by atoms with Crippen molar-refractivity contribution in [3.63, 3.8) is 0 Å². The van der Waals surface area contributed by atoms with E-state index < -0.39 is 0 Å². The molecule has 2 aliphatic rings. The fourth-order valence-corrected chi connectivity index (χ4v) is 3.61. The van der Waals surface area contributed by atoms with Gasteiger partial charge in [0.1, 0.15) is 5.82 Å². The largest absolute Gasteiger partial charge is 0.393 e. The Morgan fingerprint density at radius 3 is 2.83 bits per heavy atom. The Hall–Kier alpha value is -1.37. The summed E-state index contributed by atoms with van der Waals surface area (Å²) in [7, 11) is 0. The van der Waals surface area contributed by atoms with Crippen LogP contribution in [0.5, 0.6) is 0 Å². The van der Waals surface area contributed by atoms with E-state index in [0.717, 1.165) is 25.9 Å². The zero-order valence-electron chi connectivity index (χ0n) is 13.9. The lowest BCUT2D eigenvalue weighted by Crippen LogP contribution is -2.41. The van der Waals surface area contributed by atoms with Gasteiger partial charge in [0.05, 0.1) is 29.9 Å². The van der Waals surface area contributed by atoms with E-state index in [1.54, 1.807) is 17.2 Å². The maximum atomic E-state index is 12.5. The van der Waals surface area contributed by atoms with Gasteiger partial charge in [-0.2, -0.15) is 0 Å². The zero-order chi connectivity index (χ0) is 17.1. The van der Waals surface area contributed by atoms with Crippen LogP contribution in [0, 0.1) is 5.92 Å². The van der Waals surface area contributed by atoms with Crippen LogP contribution in [0.25, 0.3) is 0 Å². The van der Waals surface area contributed by atoms with Crippen LogP contribution in [-0.2, 0) is 4.74 Å².